The third kappa shape index (κ3) is 2.54. The Balaban J connectivity index is 1.63. The van der Waals surface area contributed by atoms with Gasteiger partial charge < -0.3 is 15.4 Å². The molecule has 1 unspecified atom stereocenters. The van der Waals surface area contributed by atoms with E-state index in [2.05, 4.69) is 16.7 Å². The van der Waals surface area contributed by atoms with E-state index in [-0.39, 0.29) is 0 Å². The maximum absolute atomic E-state index is 12.8. The number of aryl methyl sites for hydroxylation is 1. The van der Waals surface area contributed by atoms with Crippen molar-refractivity contribution in [2.75, 3.05) is 10.6 Å². The van der Waals surface area contributed by atoms with Crippen LogP contribution in [0.2, 0.25) is 5.02 Å². The van der Waals surface area contributed by atoms with E-state index in [1.807, 2.05) is 0 Å². The maximum Gasteiger partial charge on any atom is 0.278 e. The van der Waals surface area contributed by atoms with E-state index >= 15 is 0 Å². The number of carbonyl (C=O) groups is 2. The Bertz CT molecular complexity index is 994. The maximum atomic E-state index is 12.8. The molecule has 26 heavy (non-hydrogen) atoms. The first kappa shape index (κ1) is 16.9. The summed E-state index contributed by atoms with van der Waals surface area (Å²) in [5.41, 5.74) is 0.164. The number of nitriles is 1. The van der Waals surface area contributed by atoms with Crippen LogP contribution in [0.15, 0.2) is 18.2 Å². The molecule has 132 valence electrons. The number of thiophene rings is 1. The summed E-state index contributed by atoms with van der Waals surface area (Å²) in [5.74, 6) is -0.847. The van der Waals surface area contributed by atoms with E-state index in [4.69, 9.17) is 16.3 Å². The standard InChI is InChI=1S/C18H14ClN3O3S/c1-18(16(23)21-12-7-9(19)5-6-13(12)25-18)17(24)22-15-11(8-20)10-3-2-4-14(10)26-15/h5-7H,2-4H2,1H3,(H,21,23)(H,22,24). The molecular formula is C18H14ClN3O3S. The van der Waals surface area contributed by atoms with Crippen LogP contribution >= 0.6 is 22.9 Å². The lowest BCUT2D eigenvalue weighted by atomic mass is 10.0. The van der Waals surface area contributed by atoms with Crippen LogP contribution in [0.4, 0.5) is 10.7 Å². The Labute approximate surface area is 158 Å². The van der Waals surface area contributed by atoms with Gasteiger partial charge in [-0.15, -0.1) is 11.3 Å². The van der Waals surface area contributed by atoms with Gasteiger partial charge in [-0.25, -0.2) is 0 Å². The Morgan fingerprint density at radius 1 is 1.46 bits per heavy atom. The Morgan fingerprint density at radius 2 is 2.27 bits per heavy atom. The highest BCUT2D eigenvalue weighted by atomic mass is 35.5. The molecule has 1 atom stereocenters. The smallest absolute Gasteiger partial charge is 0.278 e. The lowest BCUT2D eigenvalue weighted by Gasteiger charge is -2.33. The van der Waals surface area contributed by atoms with Crippen molar-refractivity contribution in [1.29, 1.82) is 5.26 Å². The third-order valence-corrected chi connectivity index (χ3v) is 6.07. The molecule has 8 heteroatoms. The van der Waals surface area contributed by atoms with Crippen molar-refractivity contribution in [1.82, 2.24) is 0 Å². The molecule has 2 aromatic rings. The van der Waals surface area contributed by atoms with Crippen molar-refractivity contribution in [2.45, 2.75) is 31.8 Å². The van der Waals surface area contributed by atoms with E-state index in [1.165, 1.54) is 18.3 Å². The van der Waals surface area contributed by atoms with Crippen LogP contribution in [0.1, 0.15) is 29.3 Å². The highest BCUT2D eigenvalue weighted by Gasteiger charge is 2.47. The Morgan fingerprint density at radius 3 is 3.04 bits per heavy atom. The van der Waals surface area contributed by atoms with Gasteiger partial charge >= 0.3 is 0 Å². The van der Waals surface area contributed by atoms with Gasteiger partial charge in [-0.2, -0.15) is 5.26 Å². The zero-order valence-electron chi connectivity index (χ0n) is 13.8. The fourth-order valence-corrected chi connectivity index (χ4v) is 4.59. The summed E-state index contributed by atoms with van der Waals surface area (Å²) in [6, 6.07) is 6.95. The number of halogens is 1. The van der Waals surface area contributed by atoms with E-state index in [9.17, 15) is 14.9 Å². The fraction of sp³-hybridized carbons (Fsp3) is 0.278. The van der Waals surface area contributed by atoms with Crippen molar-refractivity contribution in [3.05, 3.63) is 39.2 Å². The van der Waals surface area contributed by atoms with Crippen LogP contribution < -0.4 is 15.4 Å². The Kier molecular flexibility index (Phi) is 3.90. The minimum atomic E-state index is -1.75. The molecule has 1 aromatic carbocycles. The van der Waals surface area contributed by atoms with Crippen LogP contribution in [0.25, 0.3) is 0 Å². The number of benzene rings is 1. The number of ether oxygens (including phenoxy) is 1. The summed E-state index contributed by atoms with van der Waals surface area (Å²) in [7, 11) is 0. The summed E-state index contributed by atoms with van der Waals surface area (Å²) in [6.07, 6.45) is 2.77. The summed E-state index contributed by atoms with van der Waals surface area (Å²) >= 11 is 7.31. The minimum absolute atomic E-state index is 0.362. The molecule has 4 rings (SSSR count). The predicted molar refractivity (Wildman–Crippen MR) is 98.8 cm³/mol. The monoisotopic (exact) mass is 387 g/mol. The summed E-state index contributed by atoms with van der Waals surface area (Å²) in [4.78, 5) is 26.5. The second kappa shape index (κ2) is 6.01. The molecule has 6 nitrogen and oxygen atoms in total. The molecule has 2 N–H and O–H groups in total. The molecule has 0 spiro atoms. The molecule has 1 aromatic heterocycles. The van der Waals surface area contributed by atoms with Gasteiger partial charge in [0.2, 0.25) is 0 Å². The number of hydrogen-bond acceptors (Lipinski definition) is 5. The van der Waals surface area contributed by atoms with Gasteiger partial charge in [0.1, 0.15) is 16.8 Å². The number of nitrogens with one attached hydrogen (secondary N) is 2. The normalized spacial score (nSPS) is 20.4. The first-order chi connectivity index (χ1) is 12.4. The SMILES string of the molecule is CC1(C(=O)Nc2sc3c(c2C#N)CCC3)Oc2ccc(Cl)cc2NC1=O. The lowest BCUT2D eigenvalue weighted by molar-refractivity contribution is -0.143. The summed E-state index contributed by atoms with van der Waals surface area (Å²) in [5, 5.41) is 15.7. The topological polar surface area (TPSA) is 91.2 Å². The number of hydrogen-bond donors (Lipinski definition) is 2. The average molecular weight is 388 g/mol. The van der Waals surface area contributed by atoms with Crippen molar-refractivity contribution >= 4 is 45.4 Å². The average Bonchev–Trinajstić information content (AvgIpc) is 3.16. The first-order valence-electron chi connectivity index (χ1n) is 8.08. The van der Waals surface area contributed by atoms with Crippen LogP contribution in [0, 0.1) is 11.3 Å². The zero-order chi connectivity index (χ0) is 18.5. The highest BCUT2D eigenvalue weighted by molar-refractivity contribution is 7.16. The minimum Gasteiger partial charge on any atom is -0.466 e. The van der Waals surface area contributed by atoms with Crippen LogP contribution in [0.3, 0.4) is 0 Å². The number of rotatable bonds is 2. The molecule has 1 aliphatic heterocycles. The lowest BCUT2D eigenvalue weighted by Crippen LogP contribution is -2.56. The molecule has 0 bridgehead atoms. The van der Waals surface area contributed by atoms with E-state index < -0.39 is 17.4 Å². The molecule has 0 radical (unpaired) electrons. The molecular weight excluding hydrogens is 374 g/mol. The van der Waals surface area contributed by atoms with E-state index in [0.717, 1.165) is 29.7 Å². The van der Waals surface area contributed by atoms with Crippen molar-refractivity contribution in [2.24, 2.45) is 0 Å². The van der Waals surface area contributed by atoms with Gasteiger partial charge in [-0.3, -0.25) is 9.59 Å². The molecule has 2 amide bonds. The number of amides is 2. The largest absolute Gasteiger partial charge is 0.466 e. The third-order valence-electron chi connectivity index (χ3n) is 4.63. The van der Waals surface area contributed by atoms with E-state index in [1.54, 1.807) is 18.2 Å². The van der Waals surface area contributed by atoms with Crippen molar-refractivity contribution in [3.8, 4) is 11.8 Å². The van der Waals surface area contributed by atoms with Gasteiger partial charge in [0.15, 0.2) is 0 Å². The van der Waals surface area contributed by atoms with Crippen molar-refractivity contribution < 1.29 is 14.3 Å². The van der Waals surface area contributed by atoms with Crippen molar-refractivity contribution in [3.63, 3.8) is 0 Å². The molecule has 0 saturated carbocycles. The van der Waals surface area contributed by atoms with Gasteiger partial charge in [-0.1, -0.05) is 11.6 Å². The second-order valence-electron chi connectivity index (χ2n) is 6.36. The Hall–Kier alpha value is -2.56. The van der Waals surface area contributed by atoms with Crippen LogP contribution in [-0.2, 0) is 22.4 Å². The highest BCUT2D eigenvalue weighted by Crippen LogP contribution is 2.40. The zero-order valence-corrected chi connectivity index (χ0v) is 15.4. The number of fused-ring (bicyclic) bond motifs is 2. The molecule has 0 fully saturated rings. The van der Waals surface area contributed by atoms with Crippen LogP contribution in [-0.4, -0.2) is 17.4 Å². The van der Waals surface area contributed by atoms with Gasteiger partial charge in [0.05, 0.1) is 11.3 Å². The van der Waals surface area contributed by atoms with E-state index in [0.29, 0.717) is 27.0 Å². The summed E-state index contributed by atoms with van der Waals surface area (Å²) in [6.45, 7) is 1.41. The van der Waals surface area contributed by atoms with Gasteiger partial charge in [0, 0.05) is 9.90 Å². The first-order valence-corrected chi connectivity index (χ1v) is 9.28. The molecule has 0 saturated heterocycles. The molecule has 2 aliphatic rings. The number of carbonyl (C=O) groups excluding carboxylic acids is 2. The summed E-state index contributed by atoms with van der Waals surface area (Å²) < 4.78 is 5.71. The van der Waals surface area contributed by atoms with Crippen LogP contribution in [0.5, 0.6) is 5.75 Å². The quantitative estimate of drug-likeness (QED) is 0.771. The number of nitrogens with zero attached hydrogens (tertiary/aromatic N) is 1. The fourth-order valence-electron chi connectivity index (χ4n) is 3.18. The number of anilines is 2. The molecule has 1 aliphatic carbocycles. The van der Waals surface area contributed by atoms with Gasteiger partial charge in [0.25, 0.3) is 17.4 Å². The van der Waals surface area contributed by atoms with Gasteiger partial charge in [-0.05, 0) is 49.9 Å². The molecule has 2 heterocycles. The second-order valence-corrected chi connectivity index (χ2v) is 7.90. The predicted octanol–water partition coefficient (Wildman–Crippen LogP) is 3.49.